The van der Waals surface area contributed by atoms with Gasteiger partial charge in [-0.2, -0.15) is 0 Å². The molecule has 1 N–H and O–H groups in total. The van der Waals surface area contributed by atoms with Crippen LogP contribution in [0.3, 0.4) is 0 Å². The summed E-state index contributed by atoms with van der Waals surface area (Å²) < 4.78 is 7.96. The van der Waals surface area contributed by atoms with Gasteiger partial charge in [-0.05, 0) is 38.7 Å². The molecule has 1 aromatic heterocycles. The zero-order valence-electron chi connectivity index (χ0n) is 17.4. The first kappa shape index (κ1) is 19.3. The fraction of sp³-hybridized carbons (Fsp3) is 0.609. The number of nitrogens with zero attached hydrogens (tertiary/aromatic N) is 2. The normalized spacial score (nSPS) is 23.9. The lowest BCUT2D eigenvalue weighted by molar-refractivity contribution is 0.0675. The van der Waals surface area contributed by atoms with Crippen LogP contribution < -0.4 is 10.1 Å². The molecule has 0 spiro atoms. The molecule has 2 heterocycles. The molecule has 2 unspecified atom stereocenters. The van der Waals surface area contributed by atoms with E-state index in [-0.39, 0.29) is 5.91 Å². The van der Waals surface area contributed by atoms with Crippen molar-refractivity contribution in [1.82, 2.24) is 14.8 Å². The maximum Gasteiger partial charge on any atom is 0.256 e. The van der Waals surface area contributed by atoms with Gasteiger partial charge in [-0.15, -0.1) is 0 Å². The number of amides is 1. The molecule has 1 aliphatic heterocycles. The van der Waals surface area contributed by atoms with Gasteiger partial charge in [0.25, 0.3) is 5.91 Å². The molecule has 2 aliphatic rings. The number of piperazine rings is 1. The first-order valence-electron chi connectivity index (χ1n) is 10.8. The van der Waals surface area contributed by atoms with Crippen LogP contribution in [0.4, 0.5) is 0 Å². The van der Waals surface area contributed by atoms with Gasteiger partial charge in [0.05, 0.1) is 18.2 Å². The lowest BCUT2D eigenvalue weighted by atomic mass is 9.89. The van der Waals surface area contributed by atoms with Crippen molar-refractivity contribution in [3.8, 4) is 5.75 Å². The Morgan fingerprint density at radius 1 is 1.14 bits per heavy atom. The Hall–Kier alpha value is -2.01. The van der Waals surface area contributed by atoms with E-state index in [9.17, 15) is 4.79 Å². The second kappa shape index (κ2) is 8.16. The molecule has 2 aromatic rings. The van der Waals surface area contributed by atoms with Crippen LogP contribution >= 0.6 is 0 Å². The van der Waals surface area contributed by atoms with E-state index >= 15 is 0 Å². The first-order valence-corrected chi connectivity index (χ1v) is 10.8. The van der Waals surface area contributed by atoms with Gasteiger partial charge in [0, 0.05) is 43.3 Å². The van der Waals surface area contributed by atoms with Crippen LogP contribution in [0.2, 0.25) is 0 Å². The number of ether oxygens (including phenoxy) is 1. The third-order valence-electron chi connectivity index (χ3n) is 6.34. The van der Waals surface area contributed by atoms with Gasteiger partial charge < -0.3 is 19.5 Å². The Bertz CT molecular complexity index is 828. The minimum absolute atomic E-state index is 0.140. The fourth-order valence-electron chi connectivity index (χ4n) is 5.12. The number of fused-ring (bicyclic) bond motifs is 1. The molecule has 1 saturated carbocycles. The van der Waals surface area contributed by atoms with E-state index in [0.29, 0.717) is 18.0 Å². The molecule has 152 valence electrons. The summed E-state index contributed by atoms with van der Waals surface area (Å²) in [6, 6.07) is 6.70. The number of rotatable bonds is 4. The molecule has 5 heteroatoms. The third kappa shape index (κ3) is 3.77. The summed E-state index contributed by atoms with van der Waals surface area (Å²) in [6.07, 6.45) is 8.65. The zero-order chi connectivity index (χ0) is 19.7. The summed E-state index contributed by atoms with van der Waals surface area (Å²) >= 11 is 0. The van der Waals surface area contributed by atoms with Crippen molar-refractivity contribution in [3.63, 3.8) is 0 Å². The predicted molar refractivity (Wildman–Crippen MR) is 113 cm³/mol. The summed E-state index contributed by atoms with van der Waals surface area (Å²) in [5.74, 6) is 1.69. The third-order valence-corrected chi connectivity index (χ3v) is 6.34. The van der Waals surface area contributed by atoms with Crippen LogP contribution in [0.5, 0.6) is 5.75 Å². The van der Waals surface area contributed by atoms with Crippen molar-refractivity contribution < 1.29 is 9.53 Å². The van der Waals surface area contributed by atoms with Crippen LogP contribution in [0.15, 0.2) is 24.4 Å². The molecule has 1 aromatic carbocycles. The van der Waals surface area contributed by atoms with E-state index in [0.717, 1.165) is 41.9 Å². The summed E-state index contributed by atoms with van der Waals surface area (Å²) in [5.41, 5.74) is 1.88. The number of benzene rings is 1. The molecule has 1 amide bonds. The van der Waals surface area contributed by atoms with Crippen molar-refractivity contribution in [2.75, 3.05) is 20.2 Å². The highest BCUT2D eigenvalue weighted by atomic mass is 16.5. The first-order chi connectivity index (χ1) is 13.6. The maximum absolute atomic E-state index is 13.5. The fourth-order valence-corrected chi connectivity index (χ4v) is 5.12. The molecular weight excluding hydrogens is 350 g/mol. The second-order valence-corrected chi connectivity index (χ2v) is 8.73. The van der Waals surface area contributed by atoms with Crippen molar-refractivity contribution in [3.05, 3.63) is 30.0 Å². The summed E-state index contributed by atoms with van der Waals surface area (Å²) in [4.78, 5) is 15.5. The monoisotopic (exact) mass is 383 g/mol. The lowest BCUT2D eigenvalue weighted by Gasteiger charge is -2.36. The lowest BCUT2D eigenvalue weighted by Crippen LogP contribution is -2.55. The van der Waals surface area contributed by atoms with E-state index < -0.39 is 0 Å². The van der Waals surface area contributed by atoms with Crippen LogP contribution in [0, 0.1) is 5.92 Å². The highest BCUT2D eigenvalue weighted by Crippen LogP contribution is 2.33. The Morgan fingerprint density at radius 2 is 1.86 bits per heavy atom. The van der Waals surface area contributed by atoms with Gasteiger partial charge in [0.1, 0.15) is 5.75 Å². The molecule has 28 heavy (non-hydrogen) atoms. The van der Waals surface area contributed by atoms with Gasteiger partial charge in [-0.25, -0.2) is 0 Å². The van der Waals surface area contributed by atoms with E-state index in [1.54, 1.807) is 7.11 Å². The van der Waals surface area contributed by atoms with Crippen LogP contribution in [-0.4, -0.2) is 47.7 Å². The summed E-state index contributed by atoms with van der Waals surface area (Å²) in [5, 5.41) is 4.52. The van der Waals surface area contributed by atoms with Crippen molar-refractivity contribution in [1.29, 1.82) is 0 Å². The van der Waals surface area contributed by atoms with Crippen LogP contribution in [0.1, 0.15) is 56.3 Å². The molecule has 0 radical (unpaired) electrons. The van der Waals surface area contributed by atoms with Crippen LogP contribution in [0.25, 0.3) is 10.9 Å². The maximum atomic E-state index is 13.5. The molecule has 5 nitrogen and oxygen atoms in total. The Morgan fingerprint density at radius 3 is 2.54 bits per heavy atom. The number of methoxy groups -OCH3 is 1. The molecule has 4 rings (SSSR count). The zero-order valence-corrected chi connectivity index (χ0v) is 17.4. The number of hydrogen-bond acceptors (Lipinski definition) is 3. The topological polar surface area (TPSA) is 46.5 Å². The Balaban J connectivity index is 1.70. The largest absolute Gasteiger partial charge is 0.495 e. The second-order valence-electron chi connectivity index (χ2n) is 8.73. The molecular formula is C23H33N3O2. The van der Waals surface area contributed by atoms with E-state index in [4.69, 9.17) is 4.74 Å². The highest BCUT2D eigenvalue weighted by molar-refractivity contribution is 6.08. The van der Waals surface area contributed by atoms with Crippen molar-refractivity contribution in [2.24, 2.45) is 5.92 Å². The smallest absolute Gasteiger partial charge is 0.256 e. The quantitative estimate of drug-likeness (QED) is 0.866. The Labute approximate surface area is 168 Å². The van der Waals surface area contributed by atoms with Gasteiger partial charge in [-0.3, -0.25) is 4.79 Å². The molecule has 1 aliphatic carbocycles. The van der Waals surface area contributed by atoms with Crippen molar-refractivity contribution in [2.45, 2.75) is 64.6 Å². The average molecular weight is 384 g/mol. The molecule has 2 atom stereocenters. The highest BCUT2D eigenvalue weighted by Gasteiger charge is 2.28. The number of carbonyl (C=O) groups excluding carboxylic acids is 1. The van der Waals surface area contributed by atoms with E-state index in [2.05, 4.69) is 36.0 Å². The SMILES string of the molecule is COc1cccc2c(C(=O)N3CC(C)NC(C)C3)cn(CC3CCCCC3)c12. The number of para-hydroxylation sites is 1. The molecule has 1 saturated heterocycles. The minimum Gasteiger partial charge on any atom is -0.495 e. The average Bonchev–Trinajstić information content (AvgIpc) is 3.06. The molecule has 0 bridgehead atoms. The van der Waals surface area contributed by atoms with Crippen LogP contribution in [-0.2, 0) is 6.54 Å². The number of hydrogen-bond donors (Lipinski definition) is 1. The van der Waals surface area contributed by atoms with Gasteiger partial charge in [0.15, 0.2) is 0 Å². The van der Waals surface area contributed by atoms with E-state index in [1.807, 2.05) is 17.0 Å². The predicted octanol–water partition coefficient (Wildman–Crippen LogP) is 4.05. The van der Waals surface area contributed by atoms with Gasteiger partial charge in [0.2, 0.25) is 0 Å². The number of aromatic nitrogens is 1. The number of carbonyl (C=O) groups is 1. The number of nitrogens with one attached hydrogen (secondary N) is 1. The van der Waals surface area contributed by atoms with Crippen molar-refractivity contribution >= 4 is 16.8 Å². The van der Waals surface area contributed by atoms with E-state index in [1.165, 1.54) is 32.1 Å². The summed E-state index contributed by atoms with van der Waals surface area (Å²) in [7, 11) is 1.72. The standard InChI is InChI=1S/C23H33N3O2/c1-16-12-26(13-17(2)24-16)23(27)20-15-25(14-18-8-5-4-6-9-18)22-19(20)10-7-11-21(22)28-3/h7,10-11,15-18,24H,4-6,8-9,12-14H2,1-3H3. The minimum atomic E-state index is 0.140. The Kier molecular flexibility index (Phi) is 5.63. The summed E-state index contributed by atoms with van der Waals surface area (Å²) in [6.45, 7) is 6.76. The van der Waals surface area contributed by atoms with Gasteiger partial charge in [-0.1, -0.05) is 31.4 Å². The molecule has 2 fully saturated rings. The van der Waals surface area contributed by atoms with Gasteiger partial charge >= 0.3 is 0 Å².